The number of esters is 3. The summed E-state index contributed by atoms with van der Waals surface area (Å²) in [4.78, 5) is 37.7. The lowest BCUT2D eigenvalue weighted by Gasteiger charge is -2.12. The average Bonchev–Trinajstić information content (AvgIpc) is 3.00. The second kappa shape index (κ2) is 20.7. The Hall–Kier alpha value is -3.26. The smallest absolute Gasteiger partial charge is 0.371 e. The molecule has 0 spiro atoms. The van der Waals surface area contributed by atoms with Gasteiger partial charge in [0.1, 0.15) is 17.2 Å². The summed E-state index contributed by atoms with van der Waals surface area (Å²) in [6, 6.07) is 10.2. The molecular weight excluding hydrogens is 619 g/mol. The van der Waals surface area contributed by atoms with Gasteiger partial charge < -0.3 is 31.4 Å². The summed E-state index contributed by atoms with van der Waals surface area (Å²) in [5, 5.41) is 0. The van der Waals surface area contributed by atoms with Gasteiger partial charge in [0, 0.05) is 23.3 Å². The summed E-state index contributed by atoms with van der Waals surface area (Å²) in [6.45, 7) is 11.0. The molecule has 0 heterocycles. The number of ether oxygens (including phenoxy) is 3. The van der Waals surface area contributed by atoms with Gasteiger partial charge in [-0.2, -0.15) is 35.3 Å². The summed E-state index contributed by atoms with van der Waals surface area (Å²) in [5.41, 5.74) is 13.1. The van der Waals surface area contributed by atoms with Gasteiger partial charge in [-0.15, -0.1) is 19.7 Å². The van der Waals surface area contributed by atoms with Crippen LogP contribution in [0.25, 0.3) is 12.2 Å². The second-order valence-electron chi connectivity index (χ2n) is 9.47. The van der Waals surface area contributed by atoms with E-state index in [1.54, 1.807) is 72.5 Å². The van der Waals surface area contributed by atoms with Crippen molar-refractivity contribution in [2.75, 3.05) is 34.5 Å². The molecule has 9 nitrogen and oxygen atoms in total. The van der Waals surface area contributed by atoms with E-state index < -0.39 is 36.0 Å². The lowest BCUT2D eigenvalue weighted by atomic mass is 10.1. The number of benzene rings is 2. The first-order valence-corrected chi connectivity index (χ1v) is 17.3. The minimum absolute atomic E-state index is 0.222. The van der Waals surface area contributed by atoms with Gasteiger partial charge >= 0.3 is 17.9 Å². The number of quaternary nitrogens is 3. The number of hydrogen-bond donors (Lipinski definition) is 3. The summed E-state index contributed by atoms with van der Waals surface area (Å²) >= 11 is 4.62. The summed E-state index contributed by atoms with van der Waals surface area (Å²) in [7, 11) is 0. The molecule has 0 amide bonds. The summed E-state index contributed by atoms with van der Waals surface area (Å²) in [5.74, 6) is 3.12. The molecule has 236 valence electrons. The summed E-state index contributed by atoms with van der Waals surface area (Å²) in [6.07, 6.45) is 8.92. The molecule has 0 fully saturated rings. The molecular formula is C32H42N3O6S3+3. The van der Waals surface area contributed by atoms with Gasteiger partial charge in [-0.3, -0.25) is 0 Å². The van der Waals surface area contributed by atoms with E-state index in [0.29, 0.717) is 40.1 Å². The molecule has 3 atom stereocenters. The Morgan fingerprint density at radius 2 is 0.955 bits per heavy atom. The topological polar surface area (TPSA) is 162 Å². The van der Waals surface area contributed by atoms with Crippen LogP contribution in [0, 0.1) is 0 Å². The standard InChI is InChI=1S/C32H39N3O6S3/c1-4-13-42-19-27(33)30(36)39-24-11-9-22(10-12-24)7-8-23-16-25(40-31(37)28(34)20-43-14-5-2)18-26(17-23)41-32(38)29(35)21-44-15-6-3/h4-12,16-18,27-29H,1-3,13-15,19-21,33-35H2/p+3/b8-7+. The first-order chi connectivity index (χ1) is 21.2. The minimum atomic E-state index is -0.589. The highest BCUT2D eigenvalue weighted by atomic mass is 32.2. The minimum Gasteiger partial charge on any atom is -0.422 e. The van der Waals surface area contributed by atoms with Gasteiger partial charge in [0.05, 0.1) is 17.3 Å². The largest absolute Gasteiger partial charge is 0.422 e. The predicted octanol–water partition coefficient (Wildman–Crippen LogP) is 2.16. The maximum Gasteiger partial charge on any atom is 0.371 e. The van der Waals surface area contributed by atoms with E-state index in [9.17, 15) is 14.4 Å². The Balaban J connectivity index is 2.18. The molecule has 0 aliphatic heterocycles. The van der Waals surface area contributed by atoms with Crippen molar-refractivity contribution >= 4 is 65.3 Å². The van der Waals surface area contributed by atoms with E-state index in [-0.39, 0.29) is 11.5 Å². The lowest BCUT2D eigenvalue weighted by Crippen LogP contribution is -2.67. The average molecular weight is 661 g/mol. The molecule has 0 bridgehead atoms. The summed E-state index contributed by atoms with van der Waals surface area (Å²) < 4.78 is 16.7. The van der Waals surface area contributed by atoms with Crippen molar-refractivity contribution < 1.29 is 45.8 Å². The number of carbonyl (C=O) groups is 3. The van der Waals surface area contributed by atoms with E-state index >= 15 is 0 Å². The van der Waals surface area contributed by atoms with Crippen LogP contribution in [0.2, 0.25) is 0 Å². The maximum atomic E-state index is 12.7. The Morgan fingerprint density at radius 1 is 0.591 bits per heavy atom. The first kappa shape index (κ1) is 36.9. The molecule has 44 heavy (non-hydrogen) atoms. The molecule has 0 aliphatic carbocycles. The monoisotopic (exact) mass is 660 g/mol. The number of rotatable bonds is 20. The van der Waals surface area contributed by atoms with Gasteiger partial charge in [0.25, 0.3) is 0 Å². The van der Waals surface area contributed by atoms with Crippen LogP contribution in [0.1, 0.15) is 11.1 Å². The predicted molar refractivity (Wildman–Crippen MR) is 181 cm³/mol. The molecule has 2 aromatic carbocycles. The van der Waals surface area contributed by atoms with Crippen molar-refractivity contribution in [3.8, 4) is 17.2 Å². The van der Waals surface area contributed by atoms with Crippen LogP contribution in [-0.4, -0.2) is 70.6 Å². The SMILES string of the molecule is C=CCSCC([NH3+])C(=O)Oc1ccc(/C=C/c2cc(OC(=O)C([NH3+])CSCC=C)cc(OC(=O)C([NH3+])CSCC=C)c2)cc1. The normalized spacial score (nSPS) is 13.0. The molecule has 9 N–H and O–H groups in total. The van der Waals surface area contributed by atoms with Crippen LogP contribution in [0.5, 0.6) is 17.2 Å². The number of carbonyl (C=O) groups excluding carboxylic acids is 3. The van der Waals surface area contributed by atoms with E-state index in [1.165, 1.54) is 29.6 Å². The molecule has 0 radical (unpaired) electrons. The Bertz CT molecular complexity index is 1250. The van der Waals surface area contributed by atoms with E-state index in [2.05, 4.69) is 36.9 Å². The molecule has 2 rings (SSSR count). The van der Waals surface area contributed by atoms with E-state index in [0.717, 1.165) is 11.3 Å². The molecule has 0 aliphatic rings. The fraction of sp³-hybridized carbons (Fsp3) is 0.281. The third-order valence-corrected chi connectivity index (χ3v) is 8.90. The fourth-order valence-electron chi connectivity index (χ4n) is 3.33. The van der Waals surface area contributed by atoms with Crippen molar-refractivity contribution in [3.63, 3.8) is 0 Å². The maximum absolute atomic E-state index is 12.7. The molecule has 0 saturated carbocycles. The first-order valence-electron chi connectivity index (χ1n) is 13.8. The van der Waals surface area contributed by atoms with Gasteiger partial charge in [0.15, 0.2) is 18.1 Å². The van der Waals surface area contributed by atoms with Crippen molar-refractivity contribution in [2.45, 2.75) is 18.1 Å². The second-order valence-corrected chi connectivity index (χ2v) is 12.7. The van der Waals surface area contributed by atoms with Crippen LogP contribution < -0.4 is 31.4 Å². The van der Waals surface area contributed by atoms with Gasteiger partial charge in [-0.1, -0.05) is 42.5 Å². The molecule has 3 unspecified atom stereocenters. The van der Waals surface area contributed by atoms with Gasteiger partial charge in [-0.05, 0) is 35.4 Å². The molecule has 12 heteroatoms. The Labute approximate surface area is 271 Å². The highest BCUT2D eigenvalue weighted by Crippen LogP contribution is 2.26. The number of thioether (sulfide) groups is 3. The van der Waals surface area contributed by atoms with Crippen molar-refractivity contribution in [2.24, 2.45) is 0 Å². The lowest BCUT2D eigenvalue weighted by molar-refractivity contribution is -0.399. The fourth-order valence-corrected chi connectivity index (χ4v) is 5.50. The zero-order valence-corrected chi connectivity index (χ0v) is 27.3. The third-order valence-electron chi connectivity index (χ3n) is 5.57. The van der Waals surface area contributed by atoms with Crippen LogP contribution in [0.4, 0.5) is 0 Å². The van der Waals surface area contributed by atoms with Crippen LogP contribution in [-0.2, 0) is 14.4 Å². The Kier molecular flexibility index (Phi) is 17.3. The van der Waals surface area contributed by atoms with Crippen LogP contribution in [0.3, 0.4) is 0 Å². The zero-order valence-electron chi connectivity index (χ0n) is 24.8. The molecule has 0 aromatic heterocycles. The van der Waals surface area contributed by atoms with Crippen molar-refractivity contribution in [3.05, 3.63) is 91.6 Å². The highest BCUT2D eigenvalue weighted by molar-refractivity contribution is 7.99. The van der Waals surface area contributed by atoms with Crippen molar-refractivity contribution in [1.82, 2.24) is 0 Å². The zero-order chi connectivity index (χ0) is 32.3. The molecule has 2 aromatic rings. The van der Waals surface area contributed by atoms with Crippen LogP contribution >= 0.6 is 35.3 Å². The van der Waals surface area contributed by atoms with Crippen LogP contribution in [0.15, 0.2) is 80.4 Å². The third kappa shape index (κ3) is 14.0. The van der Waals surface area contributed by atoms with Gasteiger partial charge in [0.2, 0.25) is 0 Å². The van der Waals surface area contributed by atoms with Gasteiger partial charge in [-0.25, -0.2) is 14.4 Å². The Morgan fingerprint density at radius 3 is 1.34 bits per heavy atom. The number of hydrogen-bond acceptors (Lipinski definition) is 9. The van der Waals surface area contributed by atoms with Crippen molar-refractivity contribution in [1.29, 1.82) is 0 Å². The molecule has 0 saturated heterocycles. The van der Waals surface area contributed by atoms with E-state index in [4.69, 9.17) is 14.2 Å². The van der Waals surface area contributed by atoms with E-state index in [1.807, 2.05) is 6.08 Å². The quantitative estimate of drug-likeness (QED) is 0.0636. The highest BCUT2D eigenvalue weighted by Gasteiger charge is 2.23.